The zero-order chi connectivity index (χ0) is 44.8. The van der Waals surface area contributed by atoms with E-state index < -0.39 is 41.1 Å². The first-order chi connectivity index (χ1) is 28.9. The number of carbonyl (C=O) groups excluding carboxylic acids is 5. The second-order valence-corrected chi connectivity index (χ2v) is 18.4. The van der Waals surface area contributed by atoms with E-state index in [1.165, 1.54) is 32.1 Å². The molecule has 0 saturated heterocycles. The van der Waals surface area contributed by atoms with Crippen LogP contribution in [0.2, 0.25) is 0 Å². The molecule has 61 heavy (non-hydrogen) atoms. The highest BCUT2D eigenvalue weighted by Gasteiger charge is 2.35. The number of fused-ring (bicyclic) bond motifs is 3. The summed E-state index contributed by atoms with van der Waals surface area (Å²) in [5.41, 5.74) is 2.46. The van der Waals surface area contributed by atoms with Crippen molar-refractivity contribution < 1.29 is 43.3 Å². The van der Waals surface area contributed by atoms with Crippen molar-refractivity contribution in [1.82, 2.24) is 16.0 Å². The summed E-state index contributed by atoms with van der Waals surface area (Å²) in [6, 6.07) is 13.3. The molecule has 0 radical (unpaired) electrons. The van der Waals surface area contributed by atoms with Gasteiger partial charge in [-0.3, -0.25) is 19.2 Å². The van der Waals surface area contributed by atoms with E-state index in [2.05, 4.69) is 16.0 Å². The highest BCUT2D eigenvalue weighted by Crippen LogP contribution is 2.44. The van der Waals surface area contributed by atoms with Gasteiger partial charge in [0.1, 0.15) is 23.3 Å². The van der Waals surface area contributed by atoms with Crippen LogP contribution in [0.15, 0.2) is 48.5 Å². The van der Waals surface area contributed by atoms with Crippen molar-refractivity contribution in [3.63, 3.8) is 0 Å². The summed E-state index contributed by atoms with van der Waals surface area (Å²) in [5, 5.41) is 18.3. The van der Waals surface area contributed by atoms with Crippen LogP contribution in [0.4, 0.5) is 0 Å². The predicted octanol–water partition coefficient (Wildman–Crippen LogP) is 9.06. The van der Waals surface area contributed by atoms with Crippen molar-refractivity contribution in [3.05, 3.63) is 59.7 Å². The minimum absolute atomic E-state index is 0.00354. The summed E-state index contributed by atoms with van der Waals surface area (Å²) in [6.07, 6.45) is 14.8. The van der Waals surface area contributed by atoms with E-state index in [4.69, 9.17) is 9.47 Å². The van der Waals surface area contributed by atoms with Gasteiger partial charge in [-0.25, -0.2) is 9.59 Å². The van der Waals surface area contributed by atoms with Crippen LogP contribution in [0.5, 0.6) is 0 Å². The Hall–Kier alpha value is -4.74. The molecule has 0 saturated carbocycles. The SMILES string of the molecule is CC(C)(C)OC(=O)CCCCCCCCCCCCCCC(=O)NC(CCC(=O)NCCCCC(NC(=O)C1c2ccccc2-c2ccccc21)C(=O)O)C(=O)OC(C)(C)C. The monoisotopic (exact) mass is 848 g/mol. The van der Waals surface area contributed by atoms with Crippen molar-refractivity contribution in [2.24, 2.45) is 0 Å². The lowest BCUT2D eigenvalue weighted by Gasteiger charge is -2.24. The molecule has 1 aliphatic carbocycles. The second kappa shape index (κ2) is 25.9. The highest BCUT2D eigenvalue weighted by molar-refractivity contribution is 5.97. The molecule has 12 nitrogen and oxygen atoms in total. The van der Waals surface area contributed by atoms with Crippen molar-refractivity contribution in [2.45, 2.75) is 193 Å². The van der Waals surface area contributed by atoms with Crippen LogP contribution in [-0.4, -0.2) is 70.6 Å². The molecule has 3 amide bonds. The molecule has 0 bridgehead atoms. The van der Waals surface area contributed by atoms with Crippen molar-refractivity contribution in [2.75, 3.05) is 6.54 Å². The first-order valence-electron chi connectivity index (χ1n) is 22.7. The van der Waals surface area contributed by atoms with Crippen LogP contribution in [0.25, 0.3) is 11.1 Å². The molecule has 4 N–H and O–H groups in total. The fourth-order valence-electron chi connectivity index (χ4n) is 7.62. The molecule has 0 spiro atoms. The molecule has 1 aliphatic rings. The van der Waals surface area contributed by atoms with Gasteiger partial charge in [-0.15, -0.1) is 0 Å². The largest absolute Gasteiger partial charge is 0.480 e. The molecule has 2 aromatic rings. The third kappa shape index (κ3) is 19.7. The number of carbonyl (C=O) groups is 6. The first-order valence-corrected chi connectivity index (χ1v) is 22.7. The quantitative estimate of drug-likeness (QED) is 0.0481. The summed E-state index contributed by atoms with van der Waals surface area (Å²) in [4.78, 5) is 76.0. The minimum atomic E-state index is -1.12. The summed E-state index contributed by atoms with van der Waals surface area (Å²) in [5.74, 6) is -3.31. The van der Waals surface area contributed by atoms with E-state index in [1.54, 1.807) is 20.8 Å². The van der Waals surface area contributed by atoms with Crippen LogP contribution >= 0.6 is 0 Å². The maximum atomic E-state index is 13.5. The Kier molecular flexibility index (Phi) is 21.5. The molecule has 0 fully saturated rings. The summed E-state index contributed by atoms with van der Waals surface area (Å²) < 4.78 is 10.9. The number of ether oxygens (including phenoxy) is 2. The average Bonchev–Trinajstić information content (AvgIpc) is 3.52. The van der Waals surface area contributed by atoms with Gasteiger partial charge in [0.15, 0.2) is 0 Å². The molecule has 0 aliphatic heterocycles. The zero-order valence-corrected chi connectivity index (χ0v) is 37.7. The number of carboxylic acid groups (broad SMARTS) is 1. The molecule has 0 aromatic heterocycles. The Labute approximate surface area is 364 Å². The van der Waals surface area contributed by atoms with Gasteiger partial charge in [0.25, 0.3) is 0 Å². The van der Waals surface area contributed by atoms with Crippen LogP contribution in [0.1, 0.15) is 181 Å². The summed E-state index contributed by atoms with van der Waals surface area (Å²) in [6.45, 7) is 11.2. The lowest BCUT2D eigenvalue weighted by atomic mass is 9.95. The minimum Gasteiger partial charge on any atom is -0.480 e. The van der Waals surface area contributed by atoms with Gasteiger partial charge in [0.05, 0.1) is 5.92 Å². The van der Waals surface area contributed by atoms with Crippen LogP contribution in [-0.2, 0) is 38.2 Å². The Balaban J connectivity index is 1.29. The molecular formula is C49H73N3O9. The zero-order valence-electron chi connectivity index (χ0n) is 37.7. The third-order valence-electron chi connectivity index (χ3n) is 10.6. The maximum Gasteiger partial charge on any atom is 0.329 e. The van der Waals surface area contributed by atoms with E-state index >= 15 is 0 Å². The Morgan fingerprint density at radius 1 is 0.557 bits per heavy atom. The number of unbranched alkanes of at least 4 members (excludes halogenated alkanes) is 12. The average molecular weight is 848 g/mol. The normalized spacial score (nSPS) is 13.3. The van der Waals surface area contributed by atoms with Crippen molar-refractivity contribution in [3.8, 4) is 11.1 Å². The molecule has 2 aromatic carbocycles. The smallest absolute Gasteiger partial charge is 0.329 e. The Bertz CT molecular complexity index is 1680. The molecule has 338 valence electrons. The fourth-order valence-corrected chi connectivity index (χ4v) is 7.62. The number of carboxylic acids is 1. The molecule has 12 heteroatoms. The topological polar surface area (TPSA) is 177 Å². The van der Waals surface area contributed by atoms with Gasteiger partial charge in [0.2, 0.25) is 17.7 Å². The third-order valence-corrected chi connectivity index (χ3v) is 10.6. The number of amides is 3. The first kappa shape index (κ1) is 50.6. The van der Waals surface area contributed by atoms with E-state index in [0.717, 1.165) is 60.8 Å². The van der Waals surface area contributed by atoms with Crippen molar-refractivity contribution >= 4 is 35.6 Å². The van der Waals surface area contributed by atoms with E-state index in [-0.39, 0.29) is 43.0 Å². The maximum absolute atomic E-state index is 13.5. The van der Waals surface area contributed by atoms with Crippen LogP contribution in [0, 0.1) is 0 Å². The molecule has 3 rings (SSSR count). The molecule has 0 heterocycles. The number of esters is 2. The number of benzene rings is 2. The number of nitrogens with one attached hydrogen (secondary N) is 3. The fraction of sp³-hybridized carbons (Fsp3) is 0.633. The lowest BCUT2D eigenvalue weighted by Crippen LogP contribution is -2.44. The highest BCUT2D eigenvalue weighted by atomic mass is 16.6. The van der Waals surface area contributed by atoms with E-state index in [1.807, 2.05) is 69.3 Å². The number of rotatable bonds is 28. The standard InChI is InChI=1S/C49H73N3O9/c1-48(2,3)60-43(55)31-18-16-14-12-10-8-7-9-11-13-15-17-30-42(54)51-40(47(59)61-49(4,5)6)32-33-41(53)50-34-24-23-29-39(46(57)58)52-45(56)44-37-27-21-19-25-35(37)36-26-20-22-28-38(36)44/h19-22,25-28,39-40,44H,7-18,23-24,29-34H2,1-6H3,(H,50,53)(H,51,54)(H,52,56)(H,57,58). The lowest BCUT2D eigenvalue weighted by molar-refractivity contribution is -0.159. The molecule has 2 unspecified atom stereocenters. The van der Waals surface area contributed by atoms with Gasteiger partial charge in [0, 0.05) is 25.8 Å². The number of aliphatic carboxylic acids is 1. The number of hydrogen-bond donors (Lipinski definition) is 4. The number of hydrogen-bond acceptors (Lipinski definition) is 8. The second-order valence-electron chi connectivity index (χ2n) is 18.4. The van der Waals surface area contributed by atoms with Gasteiger partial charge in [-0.2, -0.15) is 0 Å². The van der Waals surface area contributed by atoms with Crippen LogP contribution in [0.3, 0.4) is 0 Å². The van der Waals surface area contributed by atoms with Crippen molar-refractivity contribution in [1.29, 1.82) is 0 Å². The Morgan fingerprint density at radius 2 is 1.05 bits per heavy atom. The summed E-state index contributed by atoms with van der Waals surface area (Å²) >= 11 is 0. The van der Waals surface area contributed by atoms with Gasteiger partial charge in [-0.05, 0) is 102 Å². The Morgan fingerprint density at radius 3 is 1.56 bits per heavy atom. The van der Waals surface area contributed by atoms with Crippen LogP contribution < -0.4 is 16.0 Å². The van der Waals surface area contributed by atoms with E-state index in [9.17, 15) is 33.9 Å². The van der Waals surface area contributed by atoms with Gasteiger partial charge >= 0.3 is 17.9 Å². The van der Waals surface area contributed by atoms with E-state index in [0.29, 0.717) is 38.6 Å². The summed E-state index contributed by atoms with van der Waals surface area (Å²) in [7, 11) is 0. The molecular weight excluding hydrogens is 775 g/mol. The van der Waals surface area contributed by atoms with Gasteiger partial charge < -0.3 is 30.5 Å². The van der Waals surface area contributed by atoms with Gasteiger partial charge in [-0.1, -0.05) is 113 Å². The molecule has 2 atom stereocenters. The predicted molar refractivity (Wildman–Crippen MR) is 238 cm³/mol.